The molecule has 1 fully saturated rings. The molecule has 236 valence electrons. The Labute approximate surface area is 262 Å². The third-order valence-corrected chi connectivity index (χ3v) is 10.4. The van der Waals surface area contributed by atoms with E-state index in [0.29, 0.717) is 17.9 Å². The van der Waals surface area contributed by atoms with Gasteiger partial charge in [-0.25, -0.2) is 8.42 Å². The standard InChI is InChI=1S/C35H45N3O5S/c1-6-32(35(40)36-29-12-8-7-9-13-29)37(23-28-17-19-30(43-5)20-18-28)34(39)24-38(33-14-10-11-26(3)27(33)4)44(41,42)31-21-15-25(2)16-22-31/h10-11,14-22,29,32H,6-9,12-13,23-24H2,1-5H3,(H,36,40)/t32-/m1/s1. The molecular formula is C35H45N3O5S. The number of hydrogen-bond donors (Lipinski definition) is 1. The molecule has 0 unspecified atom stereocenters. The zero-order valence-electron chi connectivity index (χ0n) is 26.5. The van der Waals surface area contributed by atoms with Crippen molar-refractivity contribution in [2.24, 2.45) is 0 Å². The van der Waals surface area contributed by atoms with Crippen LogP contribution in [0.5, 0.6) is 5.75 Å². The van der Waals surface area contributed by atoms with E-state index in [1.54, 1.807) is 43.5 Å². The summed E-state index contributed by atoms with van der Waals surface area (Å²) in [5, 5.41) is 3.19. The third kappa shape index (κ3) is 7.80. The first-order valence-corrected chi connectivity index (χ1v) is 16.9. The van der Waals surface area contributed by atoms with E-state index in [0.717, 1.165) is 54.4 Å². The molecule has 9 heteroatoms. The van der Waals surface area contributed by atoms with Crippen LogP contribution in [-0.2, 0) is 26.2 Å². The largest absolute Gasteiger partial charge is 0.497 e. The molecule has 1 saturated carbocycles. The van der Waals surface area contributed by atoms with Gasteiger partial charge in [-0.1, -0.05) is 68.1 Å². The monoisotopic (exact) mass is 619 g/mol. The van der Waals surface area contributed by atoms with E-state index in [-0.39, 0.29) is 23.4 Å². The van der Waals surface area contributed by atoms with Crippen molar-refractivity contribution in [1.29, 1.82) is 0 Å². The molecular weight excluding hydrogens is 574 g/mol. The number of carbonyl (C=O) groups is 2. The van der Waals surface area contributed by atoms with Crippen molar-refractivity contribution in [3.8, 4) is 5.75 Å². The molecule has 1 aliphatic rings. The average molecular weight is 620 g/mol. The van der Waals surface area contributed by atoms with Crippen LogP contribution in [0.4, 0.5) is 5.69 Å². The first-order valence-electron chi connectivity index (χ1n) is 15.4. The highest BCUT2D eigenvalue weighted by atomic mass is 32.2. The quantitative estimate of drug-likeness (QED) is 0.266. The molecule has 0 bridgehead atoms. The van der Waals surface area contributed by atoms with Gasteiger partial charge in [-0.05, 0) is 87.1 Å². The number of methoxy groups -OCH3 is 1. The van der Waals surface area contributed by atoms with Crippen LogP contribution >= 0.6 is 0 Å². The highest BCUT2D eigenvalue weighted by molar-refractivity contribution is 7.92. The van der Waals surface area contributed by atoms with Gasteiger partial charge in [0.15, 0.2) is 0 Å². The molecule has 1 atom stereocenters. The van der Waals surface area contributed by atoms with E-state index in [2.05, 4.69) is 5.32 Å². The second kappa shape index (κ2) is 14.8. The minimum absolute atomic E-state index is 0.0802. The Hall–Kier alpha value is -3.85. The lowest BCUT2D eigenvalue weighted by atomic mass is 9.95. The Kier molecular flexibility index (Phi) is 11.1. The van der Waals surface area contributed by atoms with Crippen molar-refractivity contribution < 1.29 is 22.7 Å². The van der Waals surface area contributed by atoms with E-state index in [4.69, 9.17) is 4.74 Å². The van der Waals surface area contributed by atoms with Crippen LogP contribution in [0.25, 0.3) is 0 Å². The molecule has 2 amide bonds. The van der Waals surface area contributed by atoms with Crippen LogP contribution in [0, 0.1) is 20.8 Å². The summed E-state index contributed by atoms with van der Waals surface area (Å²) in [4.78, 5) is 29.8. The number of anilines is 1. The summed E-state index contributed by atoms with van der Waals surface area (Å²) in [5.41, 5.74) is 3.84. The Morgan fingerprint density at radius 1 is 0.932 bits per heavy atom. The Morgan fingerprint density at radius 2 is 1.59 bits per heavy atom. The molecule has 44 heavy (non-hydrogen) atoms. The smallest absolute Gasteiger partial charge is 0.264 e. The van der Waals surface area contributed by atoms with Crippen LogP contribution in [-0.4, -0.2) is 50.9 Å². The Balaban J connectivity index is 1.73. The van der Waals surface area contributed by atoms with Gasteiger partial charge >= 0.3 is 0 Å². The van der Waals surface area contributed by atoms with Crippen molar-refractivity contribution in [1.82, 2.24) is 10.2 Å². The van der Waals surface area contributed by atoms with E-state index in [1.165, 1.54) is 9.21 Å². The summed E-state index contributed by atoms with van der Waals surface area (Å²) in [6.45, 7) is 7.23. The number of amides is 2. The summed E-state index contributed by atoms with van der Waals surface area (Å²) in [7, 11) is -2.54. The SMILES string of the molecule is CC[C@H](C(=O)NC1CCCCC1)N(Cc1ccc(OC)cc1)C(=O)CN(c1cccc(C)c1C)S(=O)(=O)c1ccc(C)cc1. The number of hydrogen-bond acceptors (Lipinski definition) is 5. The van der Waals surface area contributed by atoms with Crippen LogP contribution in [0.1, 0.15) is 67.7 Å². The third-order valence-electron chi connectivity index (χ3n) is 8.58. The molecule has 0 aromatic heterocycles. The van der Waals surface area contributed by atoms with Gasteiger partial charge in [-0.2, -0.15) is 0 Å². The molecule has 1 aliphatic carbocycles. The number of sulfonamides is 1. The lowest BCUT2D eigenvalue weighted by Gasteiger charge is -2.35. The van der Waals surface area contributed by atoms with Crippen LogP contribution in [0.15, 0.2) is 71.6 Å². The van der Waals surface area contributed by atoms with Gasteiger partial charge in [0, 0.05) is 12.6 Å². The van der Waals surface area contributed by atoms with Crippen molar-refractivity contribution in [3.63, 3.8) is 0 Å². The fourth-order valence-electron chi connectivity index (χ4n) is 5.75. The van der Waals surface area contributed by atoms with Gasteiger partial charge in [0.2, 0.25) is 11.8 Å². The summed E-state index contributed by atoms with van der Waals surface area (Å²) in [6.07, 6.45) is 5.52. The topological polar surface area (TPSA) is 96.0 Å². The predicted molar refractivity (Wildman–Crippen MR) is 174 cm³/mol. The number of ether oxygens (including phenoxy) is 1. The van der Waals surface area contributed by atoms with Crippen LogP contribution in [0.2, 0.25) is 0 Å². The maximum absolute atomic E-state index is 14.4. The highest BCUT2D eigenvalue weighted by Crippen LogP contribution is 2.30. The van der Waals surface area contributed by atoms with Crippen LogP contribution < -0.4 is 14.4 Å². The Morgan fingerprint density at radius 3 is 2.20 bits per heavy atom. The first-order chi connectivity index (χ1) is 21.0. The van der Waals surface area contributed by atoms with Crippen LogP contribution in [0.3, 0.4) is 0 Å². The maximum Gasteiger partial charge on any atom is 0.264 e. The summed E-state index contributed by atoms with van der Waals surface area (Å²) >= 11 is 0. The number of aryl methyl sites for hydroxylation is 2. The van der Waals surface area contributed by atoms with E-state index in [1.807, 2.05) is 58.0 Å². The molecule has 0 radical (unpaired) electrons. The molecule has 0 aliphatic heterocycles. The van der Waals surface area contributed by atoms with Gasteiger partial charge < -0.3 is 15.0 Å². The van der Waals surface area contributed by atoms with Gasteiger partial charge in [0.25, 0.3) is 10.0 Å². The lowest BCUT2D eigenvalue weighted by Crippen LogP contribution is -2.54. The maximum atomic E-state index is 14.4. The Bertz CT molecular complexity index is 1530. The molecule has 0 heterocycles. The minimum atomic E-state index is -4.13. The molecule has 1 N–H and O–H groups in total. The predicted octanol–water partition coefficient (Wildman–Crippen LogP) is 6.07. The van der Waals surface area contributed by atoms with Crippen molar-refractivity contribution in [2.75, 3.05) is 18.0 Å². The zero-order chi connectivity index (χ0) is 31.9. The average Bonchev–Trinajstić information content (AvgIpc) is 3.02. The van der Waals surface area contributed by atoms with Gasteiger partial charge in [-0.15, -0.1) is 0 Å². The van der Waals surface area contributed by atoms with E-state index in [9.17, 15) is 18.0 Å². The number of rotatable bonds is 12. The van der Waals surface area contributed by atoms with Crippen molar-refractivity contribution in [3.05, 3.63) is 89.0 Å². The first kappa shape index (κ1) is 33.1. The summed E-state index contributed by atoms with van der Waals surface area (Å²) < 4.78 is 34.9. The number of nitrogens with one attached hydrogen (secondary N) is 1. The minimum Gasteiger partial charge on any atom is -0.497 e. The second-order valence-corrected chi connectivity index (χ2v) is 13.5. The number of benzene rings is 3. The summed E-state index contributed by atoms with van der Waals surface area (Å²) in [5.74, 6) is 0.0167. The number of nitrogens with zero attached hydrogens (tertiary/aromatic N) is 2. The molecule has 3 aromatic rings. The van der Waals surface area contributed by atoms with Crippen molar-refractivity contribution in [2.45, 2.75) is 89.7 Å². The van der Waals surface area contributed by atoms with Gasteiger partial charge in [-0.3, -0.25) is 13.9 Å². The fourth-order valence-corrected chi connectivity index (χ4v) is 7.22. The zero-order valence-corrected chi connectivity index (χ0v) is 27.3. The number of carbonyl (C=O) groups excluding carboxylic acids is 2. The van der Waals surface area contributed by atoms with Crippen molar-refractivity contribution >= 4 is 27.5 Å². The second-order valence-electron chi connectivity index (χ2n) is 11.7. The lowest BCUT2D eigenvalue weighted by molar-refractivity contribution is -0.140. The van der Waals surface area contributed by atoms with E-state index >= 15 is 0 Å². The van der Waals surface area contributed by atoms with Gasteiger partial charge in [0.1, 0.15) is 18.3 Å². The normalized spacial score (nSPS) is 14.5. The molecule has 3 aromatic carbocycles. The molecule has 0 spiro atoms. The molecule has 4 rings (SSSR count). The van der Waals surface area contributed by atoms with Gasteiger partial charge in [0.05, 0.1) is 17.7 Å². The molecule has 8 nitrogen and oxygen atoms in total. The fraction of sp³-hybridized carbons (Fsp3) is 0.429. The molecule has 0 saturated heterocycles. The van der Waals surface area contributed by atoms with E-state index < -0.39 is 28.5 Å². The summed E-state index contributed by atoms with van der Waals surface area (Å²) in [6, 6.07) is 18.7. The highest BCUT2D eigenvalue weighted by Gasteiger charge is 2.35.